The molecule has 2 aromatic heterocycles. The quantitative estimate of drug-likeness (QED) is 0.511. The minimum atomic E-state index is -3.21. The number of hydrogen-bond donors (Lipinski definition) is 1. The van der Waals surface area contributed by atoms with Crippen LogP contribution in [-0.2, 0) is 23.5 Å². The standard InChI is InChI=1S/C25H43N7O3S/c1-5-9-21-22-23(29(4)28-21)24(33)27-25(26-22)31(18-20-10-7-6-8-11-20)15-12-30-13-16-32(17-14-30)36(34,35)19(2)3/h19-20H,5-18H2,1-4H3,(H,26,27,33). The first-order valence-corrected chi connectivity index (χ1v) is 15.1. The summed E-state index contributed by atoms with van der Waals surface area (Å²) in [6.45, 7) is 10.5. The number of rotatable bonds is 10. The Morgan fingerprint density at radius 1 is 1.11 bits per heavy atom. The number of hydrogen-bond acceptors (Lipinski definition) is 7. The highest BCUT2D eigenvalue weighted by atomic mass is 32.2. The Morgan fingerprint density at radius 3 is 2.44 bits per heavy atom. The van der Waals surface area contributed by atoms with Gasteiger partial charge in [-0.3, -0.25) is 19.4 Å². The number of anilines is 1. The zero-order valence-corrected chi connectivity index (χ0v) is 23.2. The zero-order valence-electron chi connectivity index (χ0n) is 22.4. The lowest BCUT2D eigenvalue weighted by atomic mass is 9.89. The van der Waals surface area contributed by atoms with Crippen molar-refractivity contribution in [1.82, 2.24) is 29.0 Å². The van der Waals surface area contributed by atoms with Gasteiger partial charge in [-0.1, -0.05) is 32.6 Å². The Labute approximate surface area is 215 Å². The number of aromatic amines is 1. The van der Waals surface area contributed by atoms with Gasteiger partial charge in [-0.05, 0) is 39.0 Å². The molecule has 1 N–H and O–H groups in total. The van der Waals surface area contributed by atoms with Gasteiger partial charge in [0.2, 0.25) is 16.0 Å². The second-order valence-corrected chi connectivity index (χ2v) is 13.2. The van der Waals surface area contributed by atoms with Gasteiger partial charge in [-0.15, -0.1) is 0 Å². The van der Waals surface area contributed by atoms with Crippen molar-refractivity contribution in [2.75, 3.05) is 50.7 Å². The highest BCUT2D eigenvalue weighted by Crippen LogP contribution is 2.26. The van der Waals surface area contributed by atoms with E-state index in [1.165, 1.54) is 32.1 Å². The summed E-state index contributed by atoms with van der Waals surface area (Å²) < 4.78 is 28.3. The first-order chi connectivity index (χ1) is 17.2. The van der Waals surface area contributed by atoms with E-state index < -0.39 is 15.3 Å². The minimum absolute atomic E-state index is 0.145. The van der Waals surface area contributed by atoms with Gasteiger partial charge in [0.1, 0.15) is 5.52 Å². The van der Waals surface area contributed by atoms with Gasteiger partial charge < -0.3 is 4.90 Å². The SMILES string of the molecule is CCCc1nn(C)c2c(=O)[nH]c(N(CCN3CCN(S(=O)(=O)C(C)C)CC3)CC3CCCCC3)nc12. The molecule has 10 nitrogen and oxygen atoms in total. The Hall–Kier alpha value is -1.98. The number of H-pyrrole nitrogens is 1. The van der Waals surface area contributed by atoms with E-state index in [1.54, 1.807) is 29.9 Å². The van der Waals surface area contributed by atoms with Crippen LogP contribution in [0.5, 0.6) is 0 Å². The van der Waals surface area contributed by atoms with Crippen molar-refractivity contribution in [1.29, 1.82) is 0 Å². The number of aryl methyl sites for hydroxylation is 2. The zero-order chi connectivity index (χ0) is 25.9. The molecule has 1 aliphatic heterocycles. The fraction of sp³-hybridized carbons (Fsp3) is 0.800. The van der Waals surface area contributed by atoms with Crippen LogP contribution >= 0.6 is 0 Å². The number of nitrogens with one attached hydrogen (secondary N) is 1. The number of piperazine rings is 1. The average molecular weight is 522 g/mol. The van der Waals surface area contributed by atoms with Crippen molar-refractivity contribution >= 4 is 27.0 Å². The van der Waals surface area contributed by atoms with Crippen LogP contribution in [0.3, 0.4) is 0 Å². The summed E-state index contributed by atoms with van der Waals surface area (Å²) in [4.78, 5) is 25.6. The number of sulfonamides is 1. The van der Waals surface area contributed by atoms with Gasteiger partial charge in [0.15, 0.2) is 5.52 Å². The van der Waals surface area contributed by atoms with E-state index >= 15 is 0 Å². The van der Waals surface area contributed by atoms with Gasteiger partial charge in [0.05, 0.1) is 10.9 Å². The van der Waals surface area contributed by atoms with Crippen LogP contribution in [0.25, 0.3) is 11.0 Å². The van der Waals surface area contributed by atoms with Crippen molar-refractivity contribution in [2.45, 2.75) is 71.0 Å². The van der Waals surface area contributed by atoms with Gasteiger partial charge in [-0.2, -0.15) is 9.40 Å². The van der Waals surface area contributed by atoms with E-state index in [0.29, 0.717) is 36.0 Å². The highest BCUT2D eigenvalue weighted by molar-refractivity contribution is 7.89. The molecule has 0 spiro atoms. The van der Waals surface area contributed by atoms with E-state index in [4.69, 9.17) is 4.98 Å². The van der Waals surface area contributed by atoms with Crippen molar-refractivity contribution in [3.05, 3.63) is 16.0 Å². The largest absolute Gasteiger partial charge is 0.341 e. The summed E-state index contributed by atoms with van der Waals surface area (Å²) in [5.41, 5.74) is 1.97. The van der Waals surface area contributed by atoms with Crippen molar-refractivity contribution in [2.24, 2.45) is 13.0 Å². The Balaban J connectivity index is 1.52. The third-order valence-corrected chi connectivity index (χ3v) is 9.99. The van der Waals surface area contributed by atoms with E-state index in [1.807, 2.05) is 0 Å². The predicted molar refractivity (Wildman–Crippen MR) is 144 cm³/mol. The maximum absolute atomic E-state index is 13.1. The maximum atomic E-state index is 13.1. The highest BCUT2D eigenvalue weighted by Gasteiger charge is 2.30. The first-order valence-electron chi connectivity index (χ1n) is 13.6. The lowest BCUT2D eigenvalue weighted by Crippen LogP contribution is -2.52. The monoisotopic (exact) mass is 521 g/mol. The maximum Gasteiger partial charge on any atom is 0.278 e. The molecular formula is C25H43N7O3S. The Bertz CT molecular complexity index is 1180. The van der Waals surface area contributed by atoms with Crippen LogP contribution in [0.1, 0.15) is 65.0 Å². The summed E-state index contributed by atoms with van der Waals surface area (Å²) in [5.74, 6) is 1.22. The topological polar surface area (TPSA) is 107 Å². The molecule has 0 amide bonds. The number of fused-ring (bicyclic) bond motifs is 1. The van der Waals surface area contributed by atoms with Crippen LogP contribution in [-0.4, -0.2) is 88.4 Å². The third-order valence-electron chi connectivity index (χ3n) is 7.71. The minimum Gasteiger partial charge on any atom is -0.341 e. The summed E-state index contributed by atoms with van der Waals surface area (Å²) in [5, 5.41) is 4.18. The number of aromatic nitrogens is 4. The fourth-order valence-electron chi connectivity index (χ4n) is 5.52. The molecule has 1 aliphatic carbocycles. The normalized spacial score (nSPS) is 18.9. The molecular weight excluding hydrogens is 478 g/mol. The molecule has 0 aromatic carbocycles. The second kappa shape index (κ2) is 11.6. The molecule has 3 heterocycles. The van der Waals surface area contributed by atoms with Crippen molar-refractivity contribution in [3.8, 4) is 0 Å². The van der Waals surface area contributed by atoms with Crippen molar-refractivity contribution < 1.29 is 8.42 Å². The van der Waals surface area contributed by atoms with Crippen LogP contribution in [0, 0.1) is 5.92 Å². The molecule has 0 atom stereocenters. The van der Waals surface area contributed by atoms with E-state index in [-0.39, 0.29) is 5.56 Å². The molecule has 36 heavy (non-hydrogen) atoms. The van der Waals surface area contributed by atoms with Gasteiger partial charge >= 0.3 is 0 Å². The second-order valence-electron chi connectivity index (χ2n) is 10.7. The molecule has 2 fully saturated rings. The van der Waals surface area contributed by atoms with E-state index in [9.17, 15) is 13.2 Å². The molecule has 2 aliphatic rings. The molecule has 0 unspecified atom stereocenters. The molecule has 11 heteroatoms. The van der Waals surface area contributed by atoms with Crippen LogP contribution in [0.15, 0.2) is 4.79 Å². The summed E-state index contributed by atoms with van der Waals surface area (Å²) in [7, 11) is -1.41. The Kier molecular flexibility index (Phi) is 8.72. The van der Waals surface area contributed by atoms with E-state index in [2.05, 4.69) is 26.8 Å². The number of nitrogens with zero attached hydrogens (tertiary/aromatic N) is 6. The summed E-state index contributed by atoms with van der Waals surface area (Å²) in [6, 6.07) is 0. The molecule has 0 bridgehead atoms. The lowest BCUT2D eigenvalue weighted by molar-refractivity contribution is 0.190. The van der Waals surface area contributed by atoms with E-state index in [0.717, 1.165) is 51.3 Å². The molecule has 2 aromatic rings. The smallest absolute Gasteiger partial charge is 0.278 e. The molecule has 202 valence electrons. The Morgan fingerprint density at radius 2 is 1.81 bits per heavy atom. The molecule has 1 saturated carbocycles. The third kappa shape index (κ3) is 5.94. The lowest BCUT2D eigenvalue weighted by Gasteiger charge is -2.36. The van der Waals surface area contributed by atoms with Crippen LogP contribution in [0.2, 0.25) is 0 Å². The molecule has 4 rings (SSSR count). The average Bonchev–Trinajstić information content (AvgIpc) is 3.18. The van der Waals surface area contributed by atoms with Crippen LogP contribution < -0.4 is 10.5 Å². The summed E-state index contributed by atoms with van der Waals surface area (Å²) in [6.07, 6.45) is 7.98. The predicted octanol–water partition coefficient (Wildman–Crippen LogP) is 2.35. The first kappa shape index (κ1) is 27.1. The van der Waals surface area contributed by atoms with Gasteiger partial charge in [-0.25, -0.2) is 13.4 Å². The fourth-order valence-corrected chi connectivity index (χ4v) is 6.79. The van der Waals surface area contributed by atoms with Gasteiger partial charge in [0.25, 0.3) is 5.56 Å². The van der Waals surface area contributed by atoms with Crippen LogP contribution in [0.4, 0.5) is 5.95 Å². The van der Waals surface area contributed by atoms with Crippen molar-refractivity contribution in [3.63, 3.8) is 0 Å². The molecule has 0 radical (unpaired) electrons. The summed E-state index contributed by atoms with van der Waals surface area (Å²) >= 11 is 0. The van der Waals surface area contributed by atoms with Gasteiger partial charge in [0, 0.05) is 52.9 Å². The molecule has 1 saturated heterocycles.